The Morgan fingerprint density at radius 3 is 2.00 bits per heavy atom. The van der Waals surface area contributed by atoms with Gasteiger partial charge in [-0.1, -0.05) is 19.8 Å². The Morgan fingerprint density at radius 2 is 1.45 bits per heavy atom. The van der Waals surface area contributed by atoms with Crippen LogP contribution in [0.4, 0.5) is 8.78 Å². The highest BCUT2D eigenvalue weighted by atomic mass is 19.1. The summed E-state index contributed by atoms with van der Waals surface area (Å²) < 4.78 is 38.8. The normalized spacial score (nSPS) is 32.9. The van der Waals surface area contributed by atoms with Crippen molar-refractivity contribution in [3.63, 3.8) is 0 Å². The van der Waals surface area contributed by atoms with Gasteiger partial charge >= 0.3 is 0 Å². The molecule has 1 aromatic carbocycles. The lowest BCUT2D eigenvalue weighted by Gasteiger charge is -2.37. The molecule has 22 heavy (non-hydrogen) atoms. The summed E-state index contributed by atoms with van der Waals surface area (Å²) in [6.07, 6.45) is 4.37. The Kier molecular flexibility index (Phi) is 4.79. The fraction of sp³-hybridized carbons (Fsp3) is 0.667. The topological polar surface area (TPSA) is 18.5 Å². The van der Waals surface area contributed by atoms with Gasteiger partial charge in [-0.3, -0.25) is 0 Å². The van der Waals surface area contributed by atoms with Crippen molar-refractivity contribution in [2.75, 3.05) is 13.2 Å². The van der Waals surface area contributed by atoms with E-state index in [0.717, 1.165) is 5.92 Å². The quantitative estimate of drug-likeness (QED) is 0.784. The van der Waals surface area contributed by atoms with E-state index in [1.165, 1.54) is 44.7 Å². The first-order valence-corrected chi connectivity index (χ1v) is 8.23. The van der Waals surface area contributed by atoms with E-state index in [2.05, 4.69) is 6.92 Å². The molecule has 1 aromatic rings. The number of rotatable bonds is 2. The molecule has 0 bridgehead atoms. The minimum absolute atomic E-state index is 0.0359. The first kappa shape index (κ1) is 15.9. The van der Waals surface area contributed by atoms with Crippen molar-refractivity contribution >= 4 is 0 Å². The first-order chi connectivity index (χ1) is 10.5. The highest BCUT2D eigenvalue weighted by Crippen LogP contribution is 2.37. The molecule has 2 fully saturated rings. The van der Waals surface area contributed by atoms with Crippen LogP contribution < -0.4 is 0 Å². The third-order valence-electron chi connectivity index (χ3n) is 5.23. The van der Waals surface area contributed by atoms with Crippen LogP contribution in [0, 0.1) is 36.3 Å². The highest BCUT2D eigenvalue weighted by Gasteiger charge is 2.32. The molecule has 1 aliphatic carbocycles. The molecule has 0 amide bonds. The van der Waals surface area contributed by atoms with E-state index in [9.17, 15) is 8.78 Å². The average molecular weight is 310 g/mol. The molecule has 1 heterocycles. The fourth-order valence-corrected chi connectivity index (χ4v) is 3.54. The van der Waals surface area contributed by atoms with Gasteiger partial charge in [-0.2, -0.15) is 0 Å². The lowest BCUT2D eigenvalue weighted by atomic mass is 9.76. The number of benzene rings is 1. The summed E-state index contributed by atoms with van der Waals surface area (Å²) in [5.74, 6) is 0.789. The maximum Gasteiger partial charge on any atom is 0.184 e. The molecule has 0 unspecified atom stereocenters. The van der Waals surface area contributed by atoms with E-state index in [-0.39, 0.29) is 5.56 Å². The van der Waals surface area contributed by atoms with Crippen LogP contribution in [0.5, 0.6) is 0 Å². The fourth-order valence-electron chi connectivity index (χ4n) is 3.54. The van der Waals surface area contributed by atoms with Crippen molar-refractivity contribution < 1.29 is 18.3 Å². The van der Waals surface area contributed by atoms with E-state index in [1.54, 1.807) is 0 Å². The summed E-state index contributed by atoms with van der Waals surface area (Å²) in [5, 5.41) is 0. The van der Waals surface area contributed by atoms with Crippen LogP contribution in [-0.4, -0.2) is 13.2 Å². The molecule has 3 rings (SSSR count). The Bertz CT molecular complexity index is 493. The second kappa shape index (κ2) is 6.63. The monoisotopic (exact) mass is 310 g/mol. The third-order valence-corrected chi connectivity index (χ3v) is 5.23. The van der Waals surface area contributed by atoms with Gasteiger partial charge in [0.15, 0.2) is 6.29 Å². The molecule has 0 spiro atoms. The van der Waals surface area contributed by atoms with Crippen LogP contribution in [-0.2, 0) is 9.47 Å². The van der Waals surface area contributed by atoms with Crippen molar-refractivity contribution in [3.8, 4) is 0 Å². The van der Waals surface area contributed by atoms with E-state index >= 15 is 0 Å². The Balaban J connectivity index is 1.60. The van der Waals surface area contributed by atoms with Gasteiger partial charge in [0.2, 0.25) is 0 Å². The number of hydrogen-bond donors (Lipinski definition) is 0. The molecule has 4 heteroatoms. The minimum Gasteiger partial charge on any atom is -0.348 e. The highest BCUT2D eigenvalue weighted by molar-refractivity contribution is 5.26. The summed E-state index contributed by atoms with van der Waals surface area (Å²) in [6, 6.07) is 2.62. The molecule has 0 atom stereocenters. The predicted octanol–water partition coefficient (Wildman–Crippen LogP) is 4.76. The molecule has 2 nitrogen and oxygen atoms in total. The van der Waals surface area contributed by atoms with Gasteiger partial charge in [0.05, 0.1) is 13.2 Å². The molecule has 122 valence electrons. The minimum atomic E-state index is -0.650. The van der Waals surface area contributed by atoms with Crippen LogP contribution in [0.15, 0.2) is 12.1 Å². The molecule has 1 saturated carbocycles. The van der Waals surface area contributed by atoms with Gasteiger partial charge in [0, 0.05) is 17.0 Å². The van der Waals surface area contributed by atoms with Crippen LogP contribution in [0.2, 0.25) is 0 Å². The van der Waals surface area contributed by atoms with Gasteiger partial charge in [-0.15, -0.1) is 0 Å². The van der Waals surface area contributed by atoms with Crippen molar-refractivity contribution in [3.05, 3.63) is 34.9 Å². The summed E-state index contributed by atoms with van der Waals surface area (Å²) in [5.41, 5.74) is 0.463. The number of halogens is 2. The Labute approximate surface area is 130 Å². The second-order valence-electron chi connectivity index (χ2n) is 6.89. The zero-order valence-corrected chi connectivity index (χ0v) is 13.3. The van der Waals surface area contributed by atoms with Gasteiger partial charge in [0.1, 0.15) is 11.6 Å². The number of hydrogen-bond acceptors (Lipinski definition) is 2. The zero-order valence-electron chi connectivity index (χ0n) is 13.3. The largest absolute Gasteiger partial charge is 0.348 e. The lowest BCUT2D eigenvalue weighted by molar-refractivity contribution is -0.214. The average Bonchev–Trinajstić information content (AvgIpc) is 2.53. The molecule has 0 radical (unpaired) electrons. The Morgan fingerprint density at radius 1 is 0.909 bits per heavy atom. The maximum absolute atomic E-state index is 13.6. The van der Waals surface area contributed by atoms with E-state index in [4.69, 9.17) is 9.47 Å². The zero-order chi connectivity index (χ0) is 15.7. The first-order valence-electron chi connectivity index (χ1n) is 8.23. The van der Waals surface area contributed by atoms with Crippen molar-refractivity contribution in [1.29, 1.82) is 0 Å². The molecule has 1 aliphatic heterocycles. The van der Waals surface area contributed by atoms with Gasteiger partial charge in [0.25, 0.3) is 0 Å². The smallest absolute Gasteiger partial charge is 0.184 e. The SMILES string of the molecule is Cc1c(F)cc(C2OCC(C3CCC(C)CC3)CO2)cc1F. The predicted molar refractivity (Wildman–Crippen MR) is 80.4 cm³/mol. The molecular formula is C18H24F2O2. The van der Waals surface area contributed by atoms with E-state index < -0.39 is 17.9 Å². The molecule has 0 aromatic heterocycles. The molecule has 1 saturated heterocycles. The van der Waals surface area contributed by atoms with Crippen LogP contribution in [0.3, 0.4) is 0 Å². The summed E-state index contributed by atoms with van der Waals surface area (Å²) in [6.45, 7) is 4.96. The maximum atomic E-state index is 13.6. The van der Waals surface area contributed by atoms with Gasteiger partial charge < -0.3 is 9.47 Å². The van der Waals surface area contributed by atoms with E-state index in [1.807, 2.05) is 0 Å². The van der Waals surface area contributed by atoms with Gasteiger partial charge in [-0.25, -0.2) is 8.78 Å². The molecular weight excluding hydrogens is 286 g/mol. The standard InChI is InChI=1S/C18H24F2O2/c1-11-3-5-13(6-4-11)15-9-21-18(22-10-15)14-7-16(19)12(2)17(20)8-14/h7-8,11,13,15,18H,3-6,9-10H2,1-2H3. The summed E-state index contributed by atoms with van der Waals surface area (Å²) in [7, 11) is 0. The Hall–Kier alpha value is -1.00. The number of ether oxygens (including phenoxy) is 2. The van der Waals surface area contributed by atoms with E-state index in [0.29, 0.717) is 30.6 Å². The van der Waals surface area contributed by atoms with Crippen molar-refractivity contribution in [1.82, 2.24) is 0 Å². The van der Waals surface area contributed by atoms with Gasteiger partial charge in [-0.05, 0) is 43.7 Å². The second-order valence-corrected chi connectivity index (χ2v) is 6.89. The lowest BCUT2D eigenvalue weighted by Crippen LogP contribution is -2.34. The van der Waals surface area contributed by atoms with Crippen molar-refractivity contribution in [2.45, 2.75) is 45.8 Å². The molecule has 2 aliphatic rings. The summed E-state index contributed by atoms with van der Waals surface area (Å²) in [4.78, 5) is 0. The molecule has 0 N–H and O–H groups in total. The van der Waals surface area contributed by atoms with Crippen LogP contribution in [0.25, 0.3) is 0 Å². The van der Waals surface area contributed by atoms with Crippen molar-refractivity contribution in [2.24, 2.45) is 17.8 Å². The van der Waals surface area contributed by atoms with Crippen LogP contribution in [0.1, 0.15) is 50.0 Å². The summed E-state index contributed by atoms with van der Waals surface area (Å²) >= 11 is 0. The third kappa shape index (κ3) is 3.33. The van der Waals surface area contributed by atoms with Crippen LogP contribution >= 0.6 is 0 Å².